The molecule has 4 nitrogen and oxygen atoms in total. The monoisotopic (exact) mass is 281 g/mol. The van der Waals surface area contributed by atoms with Crippen molar-refractivity contribution in [3.63, 3.8) is 0 Å². The lowest BCUT2D eigenvalue weighted by atomic mass is 10.2. The largest absolute Gasteiger partial charge is 0.466 e. The van der Waals surface area contributed by atoms with E-state index in [-0.39, 0.29) is 18.3 Å². The van der Waals surface area contributed by atoms with Gasteiger partial charge in [-0.25, -0.2) is 0 Å². The van der Waals surface area contributed by atoms with Gasteiger partial charge in [0.15, 0.2) is 0 Å². The van der Waals surface area contributed by atoms with Gasteiger partial charge in [-0.15, -0.1) is 11.8 Å². The number of benzene rings is 1. The van der Waals surface area contributed by atoms with E-state index in [2.05, 4.69) is 5.32 Å². The highest BCUT2D eigenvalue weighted by atomic mass is 32.2. The predicted octanol–water partition coefficient (Wildman–Crippen LogP) is 2.16. The van der Waals surface area contributed by atoms with Crippen LogP contribution in [0.15, 0.2) is 29.2 Å². The van der Waals surface area contributed by atoms with Gasteiger partial charge >= 0.3 is 5.97 Å². The molecule has 0 spiro atoms. The molecule has 0 aliphatic carbocycles. The van der Waals surface area contributed by atoms with E-state index in [1.165, 1.54) is 17.3 Å². The highest BCUT2D eigenvalue weighted by molar-refractivity contribution is 8.00. The quantitative estimate of drug-likeness (QED) is 0.614. The summed E-state index contributed by atoms with van der Waals surface area (Å²) in [5, 5.41) is 2.69. The summed E-state index contributed by atoms with van der Waals surface area (Å²) >= 11 is 1.48. The standard InChI is InChI=1S/C14H19NO3S/c1-3-18-14(17)8-9-15-13(16)10-19-12-6-4-11(2)5-7-12/h4-7H,3,8-10H2,1-2H3,(H,15,16). The predicted molar refractivity (Wildman–Crippen MR) is 76.2 cm³/mol. The van der Waals surface area contributed by atoms with Crippen LogP contribution in [0.25, 0.3) is 0 Å². The molecule has 104 valence electrons. The highest BCUT2D eigenvalue weighted by Gasteiger charge is 2.05. The van der Waals surface area contributed by atoms with Crippen LogP contribution in [0.3, 0.4) is 0 Å². The Bertz CT molecular complexity index is 417. The minimum Gasteiger partial charge on any atom is -0.466 e. The fourth-order valence-electron chi connectivity index (χ4n) is 1.37. The van der Waals surface area contributed by atoms with Crippen LogP contribution in [0.5, 0.6) is 0 Å². The first-order chi connectivity index (χ1) is 9.11. The van der Waals surface area contributed by atoms with Crippen LogP contribution in [0.4, 0.5) is 0 Å². The normalized spacial score (nSPS) is 10.0. The molecule has 0 fully saturated rings. The first-order valence-corrected chi connectivity index (χ1v) is 7.22. The molecule has 1 amide bonds. The molecule has 0 unspecified atom stereocenters. The van der Waals surface area contributed by atoms with Gasteiger partial charge < -0.3 is 10.1 Å². The summed E-state index contributed by atoms with van der Waals surface area (Å²) in [5.74, 6) is -0.00447. The van der Waals surface area contributed by atoms with E-state index in [0.717, 1.165) is 4.90 Å². The van der Waals surface area contributed by atoms with Gasteiger partial charge in [-0.1, -0.05) is 17.7 Å². The fraction of sp³-hybridized carbons (Fsp3) is 0.429. The summed E-state index contributed by atoms with van der Waals surface area (Å²) in [7, 11) is 0. The lowest BCUT2D eigenvalue weighted by molar-refractivity contribution is -0.142. The van der Waals surface area contributed by atoms with Gasteiger partial charge in [0.1, 0.15) is 0 Å². The lowest BCUT2D eigenvalue weighted by Crippen LogP contribution is -2.28. The molecule has 0 saturated carbocycles. The molecule has 0 bridgehead atoms. The molecule has 5 heteroatoms. The Morgan fingerprint density at radius 2 is 1.95 bits per heavy atom. The van der Waals surface area contributed by atoms with Crippen molar-refractivity contribution >= 4 is 23.6 Å². The Kier molecular flexibility index (Phi) is 7.03. The van der Waals surface area contributed by atoms with Crippen molar-refractivity contribution in [2.24, 2.45) is 0 Å². The summed E-state index contributed by atoms with van der Waals surface area (Å²) in [6, 6.07) is 8.01. The SMILES string of the molecule is CCOC(=O)CCNC(=O)CSc1ccc(C)cc1. The number of ether oxygens (including phenoxy) is 1. The van der Waals surface area contributed by atoms with Crippen molar-refractivity contribution < 1.29 is 14.3 Å². The maximum Gasteiger partial charge on any atom is 0.307 e. The minimum absolute atomic E-state index is 0.0742. The Morgan fingerprint density at radius 1 is 1.26 bits per heavy atom. The van der Waals surface area contributed by atoms with E-state index in [9.17, 15) is 9.59 Å². The van der Waals surface area contributed by atoms with E-state index in [4.69, 9.17) is 4.74 Å². The third-order valence-corrected chi connectivity index (χ3v) is 3.36. The first-order valence-electron chi connectivity index (χ1n) is 6.23. The maximum atomic E-state index is 11.5. The van der Waals surface area contributed by atoms with E-state index in [1.807, 2.05) is 31.2 Å². The van der Waals surface area contributed by atoms with E-state index in [0.29, 0.717) is 18.9 Å². The molecule has 1 aromatic rings. The average Bonchev–Trinajstić information content (AvgIpc) is 2.38. The second-order valence-electron chi connectivity index (χ2n) is 4.01. The van der Waals surface area contributed by atoms with Gasteiger partial charge in [-0.3, -0.25) is 9.59 Å². The number of carbonyl (C=O) groups excluding carboxylic acids is 2. The molecule has 1 N–H and O–H groups in total. The number of hydrogen-bond donors (Lipinski definition) is 1. The Labute approximate surface area is 117 Å². The topological polar surface area (TPSA) is 55.4 Å². The second-order valence-corrected chi connectivity index (χ2v) is 5.06. The van der Waals surface area contributed by atoms with Gasteiger partial charge in [-0.2, -0.15) is 0 Å². The molecule has 0 aliphatic rings. The van der Waals surface area contributed by atoms with Crippen molar-refractivity contribution in [1.29, 1.82) is 0 Å². The van der Waals surface area contributed by atoms with Crippen LogP contribution in [0.2, 0.25) is 0 Å². The van der Waals surface area contributed by atoms with Crippen molar-refractivity contribution in [2.45, 2.75) is 25.2 Å². The van der Waals surface area contributed by atoms with Crippen LogP contribution in [0, 0.1) is 6.92 Å². The Morgan fingerprint density at radius 3 is 2.58 bits per heavy atom. The number of thioether (sulfide) groups is 1. The van der Waals surface area contributed by atoms with E-state index >= 15 is 0 Å². The summed E-state index contributed by atoms with van der Waals surface area (Å²) < 4.78 is 4.77. The molecule has 1 aromatic carbocycles. The molecular weight excluding hydrogens is 262 g/mol. The zero-order valence-corrected chi connectivity index (χ0v) is 12.1. The fourth-order valence-corrected chi connectivity index (χ4v) is 2.10. The van der Waals surface area contributed by atoms with Gasteiger partial charge in [0.05, 0.1) is 18.8 Å². The van der Waals surface area contributed by atoms with Crippen molar-refractivity contribution in [3.05, 3.63) is 29.8 Å². The van der Waals surface area contributed by atoms with Crippen molar-refractivity contribution in [2.75, 3.05) is 18.9 Å². The molecule has 0 atom stereocenters. The number of carbonyl (C=O) groups is 2. The van der Waals surface area contributed by atoms with Crippen LogP contribution in [0.1, 0.15) is 18.9 Å². The molecule has 19 heavy (non-hydrogen) atoms. The average molecular weight is 281 g/mol. The van der Waals surface area contributed by atoms with Crippen LogP contribution >= 0.6 is 11.8 Å². The number of hydrogen-bond acceptors (Lipinski definition) is 4. The van der Waals surface area contributed by atoms with Gasteiger partial charge in [0.2, 0.25) is 5.91 Å². The summed E-state index contributed by atoms with van der Waals surface area (Å²) in [4.78, 5) is 23.7. The summed E-state index contributed by atoms with van der Waals surface area (Å²) in [6.45, 7) is 4.48. The first kappa shape index (κ1) is 15.6. The van der Waals surface area contributed by atoms with Gasteiger partial charge in [0, 0.05) is 11.4 Å². The molecule has 0 aliphatic heterocycles. The highest BCUT2D eigenvalue weighted by Crippen LogP contribution is 2.17. The molecular formula is C14H19NO3S. The van der Waals surface area contributed by atoms with Crippen LogP contribution < -0.4 is 5.32 Å². The maximum absolute atomic E-state index is 11.5. The van der Waals surface area contributed by atoms with Crippen molar-refractivity contribution in [1.82, 2.24) is 5.32 Å². The number of nitrogens with one attached hydrogen (secondary N) is 1. The Hall–Kier alpha value is -1.49. The molecule has 0 aromatic heterocycles. The minimum atomic E-state index is -0.283. The molecule has 1 rings (SSSR count). The number of esters is 1. The third kappa shape index (κ3) is 6.86. The zero-order chi connectivity index (χ0) is 14.1. The van der Waals surface area contributed by atoms with Gasteiger partial charge in [0.25, 0.3) is 0 Å². The summed E-state index contributed by atoms with van der Waals surface area (Å²) in [5.41, 5.74) is 1.20. The van der Waals surface area contributed by atoms with Crippen LogP contribution in [-0.2, 0) is 14.3 Å². The summed E-state index contributed by atoms with van der Waals surface area (Å²) in [6.07, 6.45) is 0.217. The smallest absolute Gasteiger partial charge is 0.307 e. The number of rotatable bonds is 7. The number of amides is 1. The molecule has 0 heterocycles. The van der Waals surface area contributed by atoms with E-state index in [1.54, 1.807) is 6.92 Å². The third-order valence-electron chi connectivity index (χ3n) is 2.35. The van der Waals surface area contributed by atoms with Crippen molar-refractivity contribution in [3.8, 4) is 0 Å². The Balaban J connectivity index is 2.17. The molecule has 0 radical (unpaired) electrons. The zero-order valence-electron chi connectivity index (χ0n) is 11.3. The van der Waals surface area contributed by atoms with Crippen LogP contribution in [-0.4, -0.2) is 30.8 Å². The van der Waals surface area contributed by atoms with Gasteiger partial charge in [-0.05, 0) is 26.0 Å². The van der Waals surface area contributed by atoms with E-state index < -0.39 is 0 Å². The molecule has 0 saturated heterocycles. The second kappa shape index (κ2) is 8.58. The lowest BCUT2D eigenvalue weighted by Gasteiger charge is -2.05. The number of aryl methyl sites for hydroxylation is 1.